The normalized spacial score (nSPS) is 5.87. The van der Waals surface area contributed by atoms with Crippen molar-refractivity contribution in [1.82, 2.24) is 0 Å². The van der Waals surface area contributed by atoms with Gasteiger partial charge >= 0.3 is 0 Å². The fourth-order valence-corrected chi connectivity index (χ4v) is 0. The monoisotopic (exact) mass is 214 g/mol. The number of hydrogen-bond acceptors (Lipinski definition) is 0. The van der Waals surface area contributed by atoms with Crippen LogP contribution in [0.15, 0.2) is 37.5 Å². The zero-order valence-corrected chi connectivity index (χ0v) is 12.4. The molecule has 0 N–H and O–H groups in total. The Morgan fingerprint density at radius 2 is 0.867 bits per heavy atom. The maximum atomic E-state index is 3.36. The molecule has 0 amide bonds. The van der Waals surface area contributed by atoms with Crippen LogP contribution >= 0.6 is 0 Å². The van der Waals surface area contributed by atoms with Crippen LogP contribution in [0.3, 0.4) is 0 Å². The average molecular weight is 214 g/mol. The fraction of sp³-hybridized carbons (Fsp3) is 0.600. The SMILES string of the molecule is C/C=C\C.C=CC=C.CC.CC.CCC. The first kappa shape index (κ1) is 29.2. The molecule has 0 aliphatic rings. The Kier molecular flexibility index (Phi) is 216. The van der Waals surface area contributed by atoms with Crippen LogP contribution in [-0.2, 0) is 0 Å². The maximum absolute atomic E-state index is 3.36. The summed E-state index contributed by atoms with van der Waals surface area (Å²) in [6, 6.07) is 0. The average Bonchev–Trinajstić information content (AvgIpc) is 2.35. The van der Waals surface area contributed by atoms with Gasteiger partial charge in [0.25, 0.3) is 0 Å². The Bertz CT molecular complexity index is 68.0. The first-order valence-corrected chi connectivity index (χ1v) is 6.05. The van der Waals surface area contributed by atoms with Crippen LogP contribution in [0.25, 0.3) is 0 Å². The number of rotatable bonds is 1. The van der Waals surface area contributed by atoms with Crippen molar-refractivity contribution in [1.29, 1.82) is 0 Å². The molecule has 15 heavy (non-hydrogen) atoms. The topological polar surface area (TPSA) is 0 Å². The van der Waals surface area contributed by atoms with Crippen molar-refractivity contribution >= 4 is 0 Å². The molecule has 0 aromatic heterocycles. The molecule has 0 nitrogen and oxygen atoms in total. The van der Waals surface area contributed by atoms with E-state index in [2.05, 4.69) is 27.0 Å². The van der Waals surface area contributed by atoms with Crippen molar-refractivity contribution < 1.29 is 0 Å². The highest BCUT2D eigenvalue weighted by Gasteiger charge is 1.35. The summed E-state index contributed by atoms with van der Waals surface area (Å²) in [4.78, 5) is 0. The Hall–Kier alpha value is -0.780. The minimum atomic E-state index is 1.25. The molecule has 0 fully saturated rings. The van der Waals surface area contributed by atoms with Crippen molar-refractivity contribution in [3.05, 3.63) is 37.5 Å². The van der Waals surface area contributed by atoms with Crippen molar-refractivity contribution in [2.24, 2.45) is 0 Å². The first-order chi connectivity index (χ1) is 7.24. The van der Waals surface area contributed by atoms with Gasteiger partial charge in [0.05, 0.1) is 0 Å². The molecule has 0 heteroatoms. The summed E-state index contributed by atoms with van der Waals surface area (Å²) < 4.78 is 0. The standard InChI is InChI=1S/C4H8.C4H6.C3H8.2C2H6/c2*1-3-4-2;1-3-2;2*1-2/h3-4H,1-2H3;3-4H,1-2H2;3H2,1-2H3;2*1-2H3/b4-3-;;;;. The van der Waals surface area contributed by atoms with Crippen molar-refractivity contribution in [2.75, 3.05) is 0 Å². The first-order valence-electron chi connectivity index (χ1n) is 6.05. The second-order valence-corrected chi connectivity index (χ2v) is 1.85. The van der Waals surface area contributed by atoms with Gasteiger partial charge in [-0.3, -0.25) is 0 Å². The summed E-state index contributed by atoms with van der Waals surface area (Å²) in [6.45, 7) is 23.0. The molecule has 0 saturated carbocycles. The Morgan fingerprint density at radius 3 is 0.867 bits per heavy atom. The van der Waals surface area contributed by atoms with Gasteiger partial charge in [-0.15, -0.1) is 0 Å². The predicted molar refractivity (Wildman–Crippen MR) is 79.5 cm³/mol. The summed E-state index contributed by atoms with van der Waals surface area (Å²) in [5.41, 5.74) is 0. The van der Waals surface area contributed by atoms with Crippen LogP contribution in [0.5, 0.6) is 0 Å². The lowest BCUT2D eigenvalue weighted by atomic mass is 10.6. The smallest absolute Gasteiger partial charge is 0.0470 e. The predicted octanol–water partition coefficient (Wildman–Crippen LogP) is 6.41. The summed E-state index contributed by atoms with van der Waals surface area (Å²) in [7, 11) is 0. The summed E-state index contributed by atoms with van der Waals surface area (Å²) in [5, 5.41) is 0. The Balaban J connectivity index is -0.0000000289. The molecule has 0 radical (unpaired) electrons. The lowest BCUT2D eigenvalue weighted by Gasteiger charge is -1.49. The molecule has 0 aliphatic carbocycles. The third-order valence-electron chi connectivity index (χ3n) is 0.500. The van der Waals surface area contributed by atoms with Gasteiger partial charge < -0.3 is 0 Å². The van der Waals surface area contributed by atoms with E-state index in [4.69, 9.17) is 0 Å². The van der Waals surface area contributed by atoms with Gasteiger partial charge in [0.1, 0.15) is 0 Å². The summed E-state index contributed by atoms with van der Waals surface area (Å²) in [6.07, 6.45) is 8.53. The fourth-order valence-electron chi connectivity index (χ4n) is 0. The van der Waals surface area contributed by atoms with Crippen LogP contribution in [0.2, 0.25) is 0 Å². The van der Waals surface area contributed by atoms with Crippen molar-refractivity contribution in [3.8, 4) is 0 Å². The van der Waals surface area contributed by atoms with Gasteiger partial charge in [-0.05, 0) is 13.8 Å². The Labute approximate surface area is 99.8 Å². The maximum Gasteiger partial charge on any atom is -0.0470 e. The molecule has 0 heterocycles. The molecule has 0 rings (SSSR count). The van der Waals surface area contributed by atoms with E-state index >= 15 is 0 Å². The van der Waals surface area contributed by atoms with Crippen LogP contribution in [0.4, 0.5) is 0 Å². The molecule has 0 spiro atoms. The highest BCUT2D eigenvalue weighted by molar-refractivity contribution is 4.88. The molecular formula is C15H34. The van der Waals surface area contributed by atoms with Crippen LogP contribution in [-0.4, -0.2) is 0 Å². The molecule has 0 bridgehead atoms. The lowest BCUT2D eigenvalue weighted by molar-refractivity contribution is 1.09. The van der Waals surface area contributed by atoms with Crippen molar-refractivity contribution in [2.45, 2.75) is 61.8 Å². The van der Waals surface area contributed by atoms with Gasteiger partial charge in [-0.25, -0.2) is 0 Å². The minimum Gasteiger partial charge on any atom is -0.0991 e. The quantitative estimate of drug-likeness (QED) is 0.349. The van der Waals surface area contributed by atoms with Gasteiger partial charge in [-0.1, -0.05) is 85.4 Å². The Morgan fingerprint density at radius 1 is 0.733 bits per heavy atom. The highest BCUT2D eigenvalue weighted by atomic mass is 13.4. The third kappa shape index (κ3) is 1120. The van der Waals surface area contributed by atoms with E-state index in [0.29, 0.717) is 0 Å². The molecule has 0 saturated heterocycles. The van der Waals surface area contributed by atoms with E-state index in [0.717, 1.165) is 0 Å². The van der Waals surface area contributed by atoms with E-state index in [1.165, 1.54) is 6.42 Å². The molecule has 0 aromatic rings. The second-order valence-electron chi connectivity index (χ2n) is 1.85. The number of hydrogen-bond donors (Lipinski definition) is 0. The largest absolute Gasteiger partial charge is 0.0991 e. The highest BCUT2D eigenvalue weighted by Crippen LogP contribution is 1.57. The summed E-state index contributed by atoms with van der Waals surface area (Å²) in [5.74, 6) is 0. The molecule has 94 valence electrons. The summed E-state index contributed by atoms with van der Waals surface area (Å²) >= 11 is 0. The molecule has 0 atom stereocenters. The van der Waals surface area contributed by atoms with Gasteiger partial charge in [0, 0.05) is 0 Å². The van der Waals surface area contributed by atoms with Crippen LogP contribution in [0.1, 0.15) is 61.8 Å². The number of allylic oxidation sites excluding steroid dienone is 4. The van der Waals surface area contributed by atoms with Crippen molar-refractivity contribution in [3.63, 3.8) is 0 Å². The van der Waals surface area contributed by atoms with E-state index in [1.807, 2.05) is 53.7 Å². The van der Waals surface area contributed by atoms with Gasteiger partial charge in [-0.2, -0.15) is 0 Å². The van der Waals surface area contributed by atoms with Gasteiger partial charge in [0.15, 0.2) is 0 Å². The minimum absolute atomic E-state index is 1.25. The van der Waals surface area contributed by atoms with Crippen LogP contribution in [0, 0.1) is 0 Å². The van der Waals surface area contributed by atoms with E-state index < -0.39 is 0 Å². The second kappa shape index (κ2) is 111. The van der Waals surface area contributed by atoms with Crippen LogP contribution < -0.4 is 0 Å². The zero-order chi connectivity index (χ0) is 13.5. The molecule has 0 aromatic carbocycles. The molecular weight excluding hydrogens is 180 g/mol. The third-order valence-corrected chi connectivity index (χ3v) is 0.500. The van der Waals surface area contributed by atoms with E-state index in [9.17, 15) is 0 Å². The molecule has 0 unspecified atom stereocenters. The van der Waals surface area contributed by atoms with Gasteiger partial charge in [0.2, 0.25) is 0 Å². The van der Waals surface area contributed by atoms with E-state index in [1.54, 1.807) is 12.2 Å². The zero-order valence-electron chi connectivity index (χ0n) is 12.4. The van der Waals surface area contributed by atoms with E-state index in [-0.39, 0.29) is 0 Å². The lowest BCUT2D eigenvalue weighted by Crippen LogP contribution is -1.27. The molecule has 0 aliphatic heterocycles.